The number of carbonyl (C=O) groups is 2. The van der Waals surface area contributed by atoms with Crippen LogP contribution in [-0.2, 0) is 0 Å². The van der Waals surface area contributed by atoms with Crippen LogP contribution in [0.4, 0.5) is 11.4 Å². The van der Waals surface area contributed by atoms with E-state index in [2.05, 4.69) is 42.5 Å². The quantitative estimate of drug-likeness (QED) is 0.182. The fourth-order valence-electron chi connectivity index (χ4n) is 5.07. The Hall–Kier alpha value is -4.86. The van der Waals surface area contributed by atoms with E-state index >= 15 is 0 Å². The lowest BCUT2D eigenvalue weighted by Gasteiger charge is -2.23. The Labute approximate surface area is 270 Å². The minimum atomic E-state index is -0.634. The largest absolute Gasteiger partial charge is 0.322 e. The average molecular weight is 708 g/mol. The van der Waals surface area contributed by atoms with Crippen LogP contribution in [0.5, 0.6) is 0 Å². The van der Waals surface area contributed by atoms with Gasteiger partial charge in [-0.15, -0.1) is 0 Å². The van der Waals surface area contributed by atoms with E-state index in [1.165, 1.54) is 6.07 Å². The number of benzene rings is 5. The topological polar surface area (TPSA) is 93.1 Å². The molecule has 0 saturated carbocycles. The van der Waals surface area contributed by atoms with E-state index in [-0.39, 0.29) is 16.7 Å². The number of nitrogens with one attached hydrogen (secondary N) is 2. The summed E-state index contributed by atoms with van der Waals surface area (Å²) in [6, 6.07) is 34.3. The van der Waals surface area contributed by atoms with Gasteiger partial charge in [0.1, 0.15) is 5.69 Å². The molecule has 4 aromatic rings. The van der Waals surface area contributed by atoms with Crippen molar-refractivity contribution in [1.82, 2.24) is 9.78 Å². The Morgan fingerprint density at radius 3 is 1.73 bits per heavy atom. The van der Waals surface area contributed by atoms with Gasteiger partial charge in [0, 0.05) is 31.4 Å². The standard InChI is InChI=1S/C35H24Br2N4O3/c1-21-30(34(43)38-25-8-4-2-5-9-25)32-31(35(44)39-26-10-6-3-7-11-26)29(42)20-28(22-12-14-23(36)15-13-22)33(32)40-41(21)27-18-16-24(37)17-19-27/h2-20H,1H3,(H,38,43)(H,39,44). The molecule has 0 spiro atoms. The Balaban J connectivity index is 1.68. The number of anilines is 2. The van der Waals surface area contributed by atoms with Crippen LogP contribution in [0, 0.1) is 6.92 Å². The fraction of sp³-hybridized carbons (Fsp3) is 0.0286. The van der Waals surface area contributed by atoms with E-state index in [4.69, 9.17) is 5.10 Å². The van der Waals surface area contributed by atoms with Gasteiger partial charge in [0.05, 0.1) is 22.5 Å². The Morgan fingerprint density at radius 1 is 0.682 bits per heavy atom. The van der Waals surface area contributed by atoms with Crippen molar-refractivity contribution in [2.24, 2.45) is 0 Å². The van der Waals surface area contributed by atoms with Crippen molar-refractivity contribution in [3.8, 4) is 28.1 Å². The minimum absolute atomic E-state index is 0.163. The summed E-state index contributed by atoms with van der Waals surface area (Å²) in [4.78, 5) is 42.0. The first kappa shape index (κ1) is 29.2. The van der Waals surface area contributed by atoms with Crippen LogP contribution in [0.1, 0.15) is 26.4 Å². The van der Waals surface area contributed by atoms with Gasteiger partial charge in [-0.2, -0.15) is 5.10 Å². The normalized spacial score (nSPS) is 10.9. The van der Waals surface area contributed by atoms with E-state index in [0.29, 0.717) is 39.6 Å². The van der Waals surface area contributed by atoms with E-state index < -0.39 is 17.2 Å². The SMILES string of the molecule is Cc1c(C(=O)Nc2ccccc2)c2c(C(=O)Nc3ccccc3)c(=O)cc(-c3ccc(Br)cc3)c-2nn1-c1ccc(Br)cc1. The van der Waals surface area contributed by atoms with Gasteiger partial charge in [-0.25, -0.2) is 4.68 Å². The molecule has 44 heavy (non-hydrogen) atoms. The van der Waals surface area contributed by atoms with Crippen LogP contribution >= 0.6 is 31.9 Å². The van der Waals surface area contributed by atoms with Gasteiger partial charge in [0.2, 0.25) is 0 Å². The van der Waals surface area contributed by atoms with E-state index in [1.807, 2.05) is 72.8 Å². The highest BCUT2D eigenvalue weighted by Gasteiger charge is 2.32. The molecule has 1 aliphatic carbocycles. The molecule has 0 aromatic heterocycles. The Bertz CT molecular complexity index is 2030. The molecule has 6 rings (SSSR count). The lowest BCUT2D eigenvalue weighted by atomic mass is 9.88. The molecule has 2 amide bonds. The number of halogens is 2. The molecule has 2 N–H and O–H groups in total. The summed E-state index contributed by atoms with van der Waals surface area (Å²) in [5.41, 5.74) is 3.41. The number of carbonyl (C=O) groups excluding carboxylic acids is 2. The number of fused-ring (bicyclic) bond motifs is 1. The van der Waals surface area contributed by atoms with Crippen molar-refractivity contribution < 1.29 is 9.59 Å². The maximum absolute atomic E-state index is 14.2. The number of amides is 2. The number of hydrogen-bond acceptors (Lipinski definition) is 4. The molecule has 0 radical (unpaired) electrons. The summed E-state index contributed by atoms with van der Waals surface area (Å²) in [6.45, 7) is 1.75. The summed E-state index contributed by atoms with van der Waals surface area (Å²) in [7, 11) is 0. The summed E-state index contributed by atoms with van der Waals surface area (Å²) in [5, 5.41) is 10.8. The van der Waals surface area contributed by atoms with Gasteiger partial charge >= 0.3 is 0 Å². The molecule has 0 unspecified atom stereocenters. The maximum atomic E-state index is 14.2. The molecule has 0 saturated heterocycles. The van der Waals surface area contributed by atoms with Crippen LogP contribution in [0.15, 0.2) is 129 Å². The van der Waals surface area contributed by atoms with Crippen molar-refractivity contribution >= 4 is 55.0 Å². The molecule has 216 valence electrons. The lowest BCUT2D eigenvalue weighted by Crippen LogP contribution is -2.28. The number of hydrogen-bond donors (Lipinski definition) is 2. The van der Waals surface area contributed by atoms with Gasteiger partial charge in [-0.3, -0.25) is 14.4 Å². The summed E-state index contributed by atoms with van der Waals surface area (Å²) in [6.07, 6.45) is 0. The fourth-order valence-corrected chi connectivity index (χ4v) is 5.60. The smallest absolute Gasteiger partial charge is 0.260 e. The predicted octanol–water partition coefficient (Wildman–Crippen LogP) is 8.34. The van der Waals surface area contributed by atoms with Crippen molar-refractivity contribution in [2.45, 2.75) is 6.92 Å². The second-order valence-electron chi connectivity index (χ2n) is 10.0. The van der Waals surface area contributed by atoms with Gasteiger partial charge in [0.15, 0.2) is 5.43 Å². The number of aromatic nitrogens is 2. The van der Waals surface area contributed by atoms with E-state index in [1.54, 1.807) is 48.0 Å². The molecule has 0 fully saturated rings. The first-order valence-corrected chi connectivity index (χ1v) is 15.2. The first-order valence-electron chi connectivity index (χ1n) is 13.7. The Morgan fingerprint density at radius 2 is 1.18 bits per heavy atom. The zero-order valence-electron chi connectivity index (χ0n) is 23.3. The Kier molecular flexibility index (Phi) is 8.23. The van der Waals surface area contributed by atoms with Crippen molar-refractivity contribution in [3.05, 3.63) is 151 Å². The number of rotatable bonds is 6. The van der Waals surface area contributed by atoms with E-state index in [9.17, 15) is 14.4 Å². The summed E-state index contributed by atoms with van der Waals surface area (Å²) >= 11 is 6.96. The molecule has 9 heteroatoms. The first-order chi connectivity index (χ1) is 21.3. The molecule has 0 bridgehead atoms. The summed E-state index contributed by atoms with van der Waals surface area (Å²) < 4.78 is 3.41. The average Bonchev–Trinajstić information content (AvgIpc) is 3.02. The number of para-hydroxylation sites is 2. The van der Waals surface area contributed by atoms with Crippen molar-refractivity contribution in [1.29, 1.82) is 0 Å². The van der Waals surface area contributed by atoms with Gasteiger partial charge in [0.25, 0.3) is 11.8 Å². The third-order valence-corrected chi connectivity index (χ3v) is 8.19. The van der Waals surface area contributed by atoms with Crippen LogP contribution in [0.25, 0.3) is 28.1 Å². The monoisotopic (exact) mass is 706 g/mol. The van der Waals surface area contributed by atoms with Gasteiger partial charge in [-0.05, 0) is 79.2 Å². The second-order valence-corrected chi connectivity index (χ2v) is 11.8. The van der Waals surface area contributed by atoms with Crippen LogP contribution in [-0.4, -0.2) is 21.6 Å². The van der Waals surface area contributed by atoms with Crippen molar-refractivity contribution in [3.63, 3.8) is 0 Å². The predicted molar refractivity (Wildman–Crippen MR) is 181 cm³/mol. The zero-order chi connectivity index (χ0) is 30.8. The molecule has 7 nitrogen and oxygen atoms in total. The molecule has 4 aromatic carbocycles. The highest BCUT2D eigenvalue weighted by atomic mass is 79.9. The highest BCUT2D eigenvalue weighted by Crippen LogP contribution is 2.38. The molecule has 0 atom stereocenters. The van der Waals surface area contributed by atoms with Crippen LogP contribution < -0.4 is 16.1 Å². The van der Waals surface area contributed by atoms with Crippen LogP contribution in [0.2, 0.25) is 0 Å². The summed E-state index contributed by atoms with van der Waals surface area (Å²) in [5.74, 6) is -1.11. The molecular formula is C35H24Br2N4O3. The minimum Gasteiger partial charge on any atom is -0.322 e. The molecule has 1 heterocycles. The molecule has 1 aliphatic heterocycles. The van der Waals surface area contributed by atoms with E-state index in [0.717, 1.165) is 8.95 Å². The highest BCUT2D eigenvalue weighted by molar-refractivity contribution is 9.10. The van der Waals surface area contributed by atoms with Gasteiger partial charge < -0.3 is 10.6 Å². The van der Waals surface area contributed by atoms with Crippen LogP contribution in [0.3, 0.4) is 0 Å². The zero-order valence-corrected chi connectivity index (χ0v) is 26.5. The second kappa shape index (κ2) is 12.4. The maximum Gasteiger partial charge on any atom is 0.260 e. The van der Waals surface area contributed by atoms with Crippen molar-refractivity contribution in [2.75, 3.05) is 10.6 Å². The molecular weight excluding hydrogens is 684 g/mol. The third-order valence-electron chi connectivity index (χ3n) is 7.14. The third kappa shape index (κ3) is 5.84. The number of nitrogens with zero attached hydrogens (tertiary/aromatic N) is 2. The van der Waals surface area contributed by atoms with Gasteiger partial charge in [-0.1, -0.05) is 80.4 Å². The molecule has 2 aliphatic rings. The lowest BCUT2D eigenvalue weighted by molar-refractivity contribution is 0.102.